The Labute approximate surface area is 88.4 Å². The maximum absolute atomic E-state index is 11.9. The van der Waals surface area contributed by atoms with Crippen molar-refractivity contribution in [2.45, 2.75) is 13.3 Å². The molecule has 1 aromatic heterocycles. The molecule has 1 heterocycles. The van der Waals surface area contributed by atoms with Crippen molar-refractivity contribution in [3.05, 3.63) is 54.1 Å². The molecule has 0 saturated heterocycles. The highest BCUT2D eigenvalue weighted by molar-refractivity contribution is 5.95. The van der Waals surface area contributed by atoms with Gasteiger partial charge in [-0.05, 0) is 18.6 Å². The Hall–Kier alpha value is -1.90. The number of nitrogens with zero attached hydrogens (tertiary/aromatic N) is 2. The van der Waals surface area contributed by atoms with Gasteiger partial charge in [-0.2, -0.15) is 0 Å². The molecule has 0 aliphatic heterocycles. The smallest absolute Gasteiger partial charge is 0.263 e. The molecule has 2 rings (SSSR count). The van der Waals surface area contributed by atoms with Gasteiger partial charge in [0.1, 0.15) is 6.33 Å². The van der Waals surface area contributed by atoms with Gasteiger partial charge in [-0.1, -0.05) is 25.1 Å². The second kappa shape index (κ2) is 4.09. The van der Waals surface area contributed by atoms with Gasteiger partial charge in [0.05, 0.1) is 5.69 Å². The van der Waals surface area contributed by atoms with Crippen LogP contribution in [0.25, 0.3) is 0 Å². The van der Waals surface area contributed by atoms with Crippen molar-refractivity contribution in [1.29, 1.82) is 0 Å². The fourth-order valence-electron chi connectivity index (χ4n) is 1.39. The molecule has 0 amide bonds. The summed E-state index contributed by atoms with van der Waals surface area (Å²) in [6.45, 7) is 2.01. The maximum atomic E-state index is 11.9. The van der Waals surface area contributed by atoms with Gasteiger partial charge in [0, 0.05) is 11.8 Å². The van der Waals surface area contributed by atoms with Crippen LogP contribution in [-0.2, 0) is 6.42 Å². The Balaban J connectivity index is 2.29. The van der Waals surface area contributed by atoms with Crippen molar-refractivity contribution in [2.75, 3.05) is 0 Å². The molecule has 0 atom stereocenters. The minimum atomic E-state index is -0.0391. The number of hydrogen-bond acceptors (Lipinski definition) is 2. The van der Waals surface area contributed by atoms with Crippen LogP contribution >= 0.6 is 0 Å². The Kier molecular flexibility index (Phi) is 2.63. The third-order valence-electron chi connectivity index (χ3n) is 2.25. The normalized spacial score (nSPS) is 10.2. The van der Waals surface area contributed by atoms with Gasteiger partial charge in [-0.15, -0.1) is 0 Å². The zero-order chi connectivity index (χ0) is 10.7. The van der Waals surface area contributed by atoms with E-state index in [0.29, 0.717) is 5.56 Å². The van der Waals surface area contributed by atoms with Gasteiger partial charge in [-0.25, -0.2) is 4.98 Å². The molecule has 0 fully saturated rings. The lowest BCUT2D eigenvalue weighted by atomic mass is 10.2. The van der Waals surface area contributed by atoms with Gasteiger partial charge in [0.15, 0.2) is 0 Å². The van der Waals surface area contributed by atoms with Crippen molar-refractivity contribution >= 4 is 5.91 Å². The van der Waals surface area contributed by atoms with Gasteiger partial charge in [0.2, 0.25) is 0 Å². The van der Waals surface area contributed by atoms with Crippen LogP contribution in [-0.4, -0.2) is 15.5 Å². The summed E-state index contributed by atoms with van der Waals surface area (Å²) in [5.41, 5.74) is 1.61. The molecular weight excluding hydrogens is 188 g/mol. The number of hydrogen-bond donors (Lipinski definition) is 0. The molecule has 15 heavy (non-hydrogen) atoms. The summed E-state index contributed by atoms with van der Waals surface area (Å²) in [7, 11) is 0. The van der Waals surface area contributed by atoms with Gasteiger partial charge in [-0.3, -0.25) is 9.36 Å². The predicted octanol–water partition coefficient (Wildman–Crippen LogP) is 2.13. The average molecular weight is 200 g/mol. The number of rotatable bonds is 2. The number of aryl methyl sites for hydroxylation is 1. The van der Waals surface area contributed by atoms with E-state index in [2.05, 4.69) is 4.98 Å². The molecule has 0 N–H and O–H groups in total. The second-order valence-corrected chi connectivity index (χ2v) is 3.30. The quantitative estimate of drug-likeness (QED) is 0.744. The Morgan fingerprint density at radius 3 is 2.67 bits per heavy atom. The lowest BCUT2D eigenvalue weighted by molar-refractivity contribution is 0.0959. The highest BCUT2D eigenvalue weighted by Gasteiger charge is 2.07. The third-order valence-corrected chi connectivity index (χ3v) is 2.25. The maximum Gasteiger partial charge on any atom is 0.263 e. The molecule has 3 heteroatoms. The summed E-state index contributed by atoms with van der Waals surface area (Å²) >= 11 is 0. The summed E-state index contributed by atoms with van der Waals surface area (Å²) in [4.78, 5) is 16.0. The van der Waals surface area contributed by atoms with E-state index in [4.69, 9.17) is 0 Å². The van der Waals surface area contributed by atoms with E-state index in [1.807, 2.05) is 25.1 Å². The lowest BCUT2D eigenvalue weighted by Crippen LogP contribution is -2.09. The number of aromatic nitrogens is 2. The summed E-state index contributed by atoms with van der Waals surface area (Å²) in [5.74, 6) is -0.0391. The minimum Gasteiger partial charge on any atom is -0.272 e. The Morgan fingerprint density at radius 2 is 2.07 bits per heavy atom. The van der Waals surface area contributed by atoms with Gasteiger partial charge < -0.3 is 0 Å². The van der Waals surface area contributed by atoms with E-state index in [1.54, 1.807) is 24.7 Å². The molecule has 2 aromatic rings. The van der Waals surface area contributed by atoms with Crippen molar-refractivity contribution < 1.29 is 4.79 Å². The molecule has 0 aliphatic rings. The first-order valence-corrected chi connectivity index (χ1v) is 4.94. The molecule has 76 valence electrons. The Morgan fingerprint density at radius 1 is 1.33 bits per heavy atom. The van der Waals surface area contributed by atoms with Crippen LogP contribution in [0, 0.1) is 0 Å². The largest absolute Gasteiger partial charge is 0.272 e. The van der Waals surface area contributed by atoms with Crippen LogP contribution in [0.2, 0.25) is 0 Å². The van der Waals surface area contributed by atoms with Crippen molar-refractivity contribution in [3.8, 4) is 0 Å². The van der Waals surface area contributed by atoms with E-state index in [-0.39, 0.29) is 5.91 Å². The fourth-order valence-corrected chi connectivity index (χ4v) is 1.39. The molecule has 0 spiro atoms. The van der Waals surface area contributed by atoms with Crippen LogP contribution in [0.1, 0.15) is 23.0 Å². The van der Waals surface area contributed by atoms with E-state index >= 15 is 0 Å². The van der Waals surface area contributed by atoms with Crippen molar-refractivity contribution in [3.63, 3.8) is 0 Å². The summed E-state index contributed by atoms with van der Waals surface area (Å²) in [6, 6.07) is 9.19. The zero-order valence-electron chi connectivity index (χ0n) is 8.55. The number of imidazole rings is 1. The molecular formula is C12H12N2O. The fraction of sp³-hybridized carbons (Fsp3) is 0.167. The number of benzene rings is 1. The topological polar surface area (TPSA) is 34.9 Å². The van der Waals surface area contributed by atoms with E-state index < -0.39 is 0 Å². The minimum absolute atomic E-state index is 0.0391. The molecule has 0 aliphatic carbocycles. The van der Waals surface area contributed by atoms with Crippen molar-refractivity contribution in [1.82, 2.24) is 9.55 Å². The molecule has 0 saturated carbocycles. The molecule has 0 radical (unpaired) electrons. The van der Waals surface area contributed by atoms with Gasteiger partial charge in [0.25, 0.3) is 5.91 Å². The third kappa shape index (κ3) is 1.96. The second-order valence-electron chi connectivity index (χ2n) is 3.30. The monoisotopic (exact) mass is 200 g/mol. The van der Waals surface area contributed by atoms with Crippen LogP contribution < -0.4 is 0 Å². The van der Waals surface area contributed by atoms with Crippen LogP contribution in [0.15, 0.2) is 42.9 Å². The van der Waals surface area contributed by atoms with E-state index in [1.165, 1.54) is 4.57 Å². The highest BCUT2D eigenvalue weighted by Crippen LogP contribution is 2.04. The number of carbonyl (C=O) groups excluding carboxylic acids is 1. The van der Waals surface area contributed by atoms with E-state index in [9.17, 15) is 4.79 Å². The molecule has 1 aromatic carbocycles. The summed E-state index contributed by atoms with van der Waals surface area (Å²) < 4.78 is 1.52. The van der Waals surface area contributed by atoms with Crippen LogP contribution in [0.4, 0.5) is 0 Å². The summed E-state index contributed by atoms with van der Waals surface area (Å²) in [6.07, 6.45) is 4.18. The highest BCUT2D eigenvalue weighted by atomic mass is 16.2. The molecule has 0 unspecified atom stereocenters. The van der Waals surface area contributed by atoms with Crippen LogP contribution in [0.3, 0.4) is 0 Å². The number of carbonyl (C=O) groups is 1. The average Bonchev–Trinajstić information content (AvgIpc) is 2.78. The zero-order valence-corrected chi connectivity index (χ0v) is 8.55. The van der Waals surface area contributed by atoms with Crippen LogP contribution in [0.5, 0.6) is 0 Å². The molecule has 0 bridgehead atoms. The standard InChI is InChI=1S/C12H12N2O/c1-2-11-8-14(9-13-11)12(15)10-6-4-3-5-7-10/h3-9H,2H2,1H3. The predicted molar refractivity (Wildman–Crippen MR) is 57.8 cm³/mol. The molecule has 3 nitrogen and oxygen atoms in total. The van der Waals surface area contributed by atoms with Gasteiger partial charge >= 0.3 is 0 Å². The first-order chi connectivity index (χ1) is 7.31. The van der Waals surface area contributed by atoms with Crippen molar-refractivity contribution in [2.24, 2.45) is 0 Å². The first-order valence-electron chi connectivity index (χ1n) is 4.94. The SMILES string of the molecule is CCc1cn(C(=O)c2ccccc2)cn1. The lowest BCUT2D eigenvalue weighted by Gasteiger charge is -1.99. The Bertz CT molecular complexity index is 459. The first kappa shape index (κ1) is 9.65. The van der Waals surface area contributed by atoms with E-state index in [0.717, 1.165) is 12.1 Å². The summed E-state index contributed by atoms with van der Waals surface area (Å²) in [5, 5.41) is 0.